The first-order valence-electron chi connectivity index (χ1n) is 8.76. The van der Waals surface area contributed by atoms with Gasteiger partial charge in [-0.15, -0.1) is 0 Å². The molecule has 0 amide bonds. The summed E-state index contributed by atoms with van der Waals surface area (Å²) in [6, 6.07) is 0.696. The molecule has 1 atom stereocenters. The molecule has 3 rings (SSSR count). The summed E-state index contributed by atoms with van der Waals surface area (Å²) in [5.74, 6) is 1.53. The summed E-state index contributed by atoms with van der Waals surface area (Å²) >= 11 is 0. The fourth-order valence-electron chi connectivity index (χ4n) is 4.64. The molecule has 3 aliphatic rings. The van der Waals surface area contributed by atoms with Gasteiger partial charge in [0.2, 0.25) is 0 Å². The van der Waals surface area contributed by atoms with Crippen molar-refractivity contribution in [3.05, 3.63) is 0 Å². The lowest BCUT2D eigenvalue weighted by atomic mass is 9.70. The Kier molecular flexibility index (Phi) is 5.49. The zero-order chi connectivity index (χ0) is 14.8. The molecule has 1 unspecified atom stereocenters. The maximum atomic E-state index is 6.38. The Hall–Kier alpha value is -0.120. The molecule has 3 heteroatoms. The Balaban J connectivity index is 2.28. The highest BCUT2D eigenvalue weighted by Crippen LogP contribution is 2.41. The topological polar surface area (TPSA) is 32.5 Å². The van der Waals surface area contributed by atoms with E-state index in [1.165, 1.54) is 51.9 Å². The minimum atomic E-state index is 0.247. The van der Waals surface area contributed by atoms with Crippen molar-refractivity contribution in [3.63, 3.8) is 0 Å². The van der Waals surface area contributed by atoms with Crippen LogP contribution in [0, 0.1) is 11.8 Å². The van der Waals surface area contributed by atoms with Gasteiger partial charge < -0.3 is 10.6 Å². The van der Waals surface area contributed by atoms with E-state index in [1.54, 1.807) is 0 Å². The first-order valence-corrected chi connectivity index (χ1v) is 8.76. The highest BCUT2D eigenvalue weighted by molar-refractivity contribution is 5.07. The van der Waals surface area contributed by atoms with Crippen LogP contribution in [-0.2, 0) is 0 Å². The van der Waals surface area contributed by atoms with Crippen molar-refractivity contribution in [1.29, 1.82) is 0 Å². The van der Waals surface area contributed by atoms with Crippen molar-refractivity contribution in [3.8, 4) is 0 Å². The first-order chi connectivity index (χ1) is 9.57. The molecule has 118 valence electrons. The van der Waals surface area contributed by atoms with E-state index in [2.05, 4.69) is 37.5 Å². The molecule has 3 fully saturated rings. The smallest absolute Gasteiger partial charge is 0.0490 e. The van der Waals surface area contributed by atoms with Gasteiger partial charge in [-0.2, -0.15) is 0 Å². The van der Waals surface area contributed by atoms with Gasteiger partial charge in [-0.3, -0.25) is 4.90 Å². The summed E-state index contributed by atoms with van der Waals surface area (Å²) in [4.78, 5) is 5.48. The van der Waals surface area contributed by atoms with Crippen LogP contribution in [0.5, 0.6) is 0 Å². The molecule has 3 saturated heterocycles. The van der Waals surface area contributed by atoms with E-state index in [0.29, 0.717) is 6.04 Å². The third-order valence-corrected chi connectivity index (χ3v) is 5.72. The number of hydrogen-bond donors (Lipinski definition) is 1. The quantitative estimate of drug-likeness (QED) is 0.778. The summed E-state index contributed by atoms with van der Waals surface area (Å²) in [5.41, 5.74) is 6.63. The number of piperidine rings is 3. The highest BCUT2D eigenvalue weighted by Gasteiger charge is 2.50. The SMILES string of the molecule is CCC(CC)N(CC(C)C)C1(CN)CN2CCC1CC2. The third-order valence-electron chi connectivity index (χ3n) is 5.72. The molecular weight excluding hydrogens is 246 g/mol. The Morgan fingerprint density at radius 3 is 2.15 bits per heavy atom. The lowest BCUT2D eigenvalue weighted by Crippen LogP contribution is -2.72. The van der Waals surface area contributed by atoms with E-state index >= 15 is 0 Å². The molecule has 0 spiro atoms. The van der Waals surface area contributed by atoms with Crippen LogP contribution in [0.3, 0.4) is 0 Å². The molecule has 3 aliphatic heterocycles. The van der Waals surface area contributed by atoms with Crippen LogP contribution in [0.15, 0.2) is 0 Å². The first kappa shape index (κ1) is 16.3. The molecule has 3 heterocycles. The van der Waals surface area contributed by atoms with Crippen LogP contribution in [-0.4, -0.2) is 54.1 Å². The number of nitrogens with two attached hydrogens (primary N) is 1. The lowest BCUT2D eigenvalue weighted by molar-refractivity contribution is -0.0910. The summed E-state index contributed by atoms with van der Waals surface area (Å²) < 4.78 is 0. The number of nitrogens with zero attached hydrogens (tertiary/aromatic N) is 2. The van der Waals surface area contributed by atoms with Crippen molar-refractivity contribution in [2.75, 3.05) is 32.7 Å². The van der Waals surface area contributed by atoms with Crippen LogP contribution in [0.25, 0.3) is 0 Å². The third kappa shape index (κ3) is 2.90. The van der Waals surface area contributed by atoms with E-state index in [4.69, 9.17) is 5.73 Å². The Morgan fingerprint density at radius 1 is 1.20 bits per heavy atom. The molecule has 0 aliphatic carbocycles. The monoisotopic (exact) mass is 281 g/mol. The van der Waals surface area contributed by atoms with Crippen LogP contribution < -0.4 is 5.73 Å². The highest BCUT2D eigenvalue weighted by atomic mass is 15.3. The van der Waals surface area contributed by atoms with Crippen molar-refractivity contribution in [1.82, 2.24) is 9.80 Å². The summed E-state index contributed by atoms with van der Waals surface area (Å²) in [7, 11) is 0. The van der Waals surface area contributed by atoms with E-state index in [1.807, 2.05) is 0 Å². The predicted octanol–water partition coefficient (Wildman–Crippen LogP) is 2.56. The van der Waals surface area contributed by atoms with Gasteiger partial charge in [0.25, 0.3) is 0 Å². The molecule has 0 saturated carbocycles. The Labute approximate surface area is 125 Å². The van der Waals surface area contributed by atoms with Crippen LogP contribution in [0.1, 0.15) is 53.4 Å². The number of hydrogen-bond acceptors (Lipinski definition) is 3. The largest absolute Gasteiger partial charge is 0.329 e. The normalized spacial score (nSPS) is 33.6. The molecule has 0 aromatic rings. The molecule has 0 aromatic carbocycles. The molecule has 2 N–H and O–H groups in total. The molecule has 0 aromatic heterocycles. The zero-order valence-electron chi connectivity index (χ0n) is 14.1. The second kappa shape index (κ2) is 6.76. The van der Waals surface area contributed by atoms with Gasteiger partial charge >= 0.3 is 0 Å². The van der Waals surface area contributed by atoms with E-state index < -0.39 is 0 Å². The van der Waals surface area contributed by atoms with Crippen molar-refractivity contribution in [2.45, 2.75) is 65.0 Å². The standard InChI is InChI=1S/C17H35N3/c1-5-16(6-2)20(11-14(3)4)17(12-18)13-19-9-7-15(17)8-10-19/h14-16H,5-13,18H2,1-4H3. The van der Waals surface area contributed by atoms with E-state index in [0.717, 1.165) is 18.4 Å². The molecule has 20 heavy (non-hydrogen) atoms. The second-order valence-corrected chi connectivity index (χ2v) is 7.37. The van der Waals surface area contributed by atoms with Gasteiger partial charge in [0.1, 0.15) is 0 Å². The minimum Gasteiger partial charge on any atom is -0.329 e. The maximum absolute atomic E-state index is 6.38. The Bertz CT molecular complexity index is 293. The fourth-order valence-corrected chi connectivity index (χ4v) is 4.64. The van der Waals surface area contributed by atoms with Crippen molar-refractivity contribution >= 4 is 0 Å². The van der Waals surface area contributed by atoms with Gasteiger partial charge in [0.15, 0.2) is 0 Å². The van der Waals surface area contributed by atoms with E-state index in [-0.39, 0.29) is 5.54 Å². The maximum Gasteiger partial charge on any atom is 0.0490 e. The van der Waals surface area contributed by atoms with Crippen LogP contribution in [0.2, 0.25) is 0 Å². The molecule has 2 bridgehead atoms. The molecule has 3 nitrogen and oxygen atoms in total. The van der Waals surface area contributed by atoms with Gasteiger partial charge in [-0.25, -0.2) is 0 Å². The van der Waals surface area contributed by atoms with Gasteiger partial charge in [0, 0.05) is 31.2 Å². The molecular formula is C17H35N3. The van der Waals surface area contributed by atoms with Gasteiger partial charge in [-0.05, 0) is 50.6 Å². The minimum absolute atomic E-state index is 0.247. The van der Waals surface area contributed by atoms with Crippen LogP contribution in [0.4, 0.5) is 0 Å². The van der Waals surface area contributed by atoms with Gasteiger partial charge in [-0.1, -0.05) is 27.7 Å². The number of fused-ring (bicyclic) bond motifs is 3. The average Bonchev–Trinajstić information content (AvgIpc) is 2.48. The average molecular weight is 281 g/mol. The fraction of sp³-hybridized carbons (Fsp3) is 1.00. The number of rotatable bonds is 7. The van der Waals surface area contributed by atoms with Crippen molar-refractivity contribution in [2.24, 2.45) is 17.6 Å². The molecule has 0 radical (unpaired) electrons. The van der Waals surface area contributed by atoms with Crippen molar-refractivity contribution < 1.29 is 0 Å². The second-order valence-electron chi connectivity index (χ2n) is 7.37. The zero-order valence-corrected chi connectivity index (χ0v) is 14.1. The van der Waals surface area contributed by atoms with Crippen LogP contribution >= 0.6 is 0 Å². The summed E-state index contributed by atoms with van der Waals surface area (Å²) in [6.07, 6.45) is 5.20. The van der Waals surface area contributed by atoms with E-state index in [9.17, 15) is 0 Å². The predicted molar refractivity (Wildman–Crippen MR) is 86.9 cm³/mol. The summed E-state index contributed by atoms with van der Waals surface area (Å²) in [6.45, 7) is 15.2. The lowest BCUT2D eigenvalue weighted by Gasteiger charge is -2.60. The van der Waals surface area contributed by atoms with Gasteiger partial charge in [0.05, 0.1) is 0 Å². The Morgan fingerprint density at radius 2 is 1.80 bits per heavy atom. The summed E-state index contributed by atoms with van der Waals surface area (Å²) in [5, 5.41) is 0.